The first-order valence-corrected chi connectivity index (χ1v) is 9.09. The fourth-order valence-electron chi connectivity index (χ4n) is 3.49. The van der Waals surface area contributed by atoms with E-state index < -0.39 is 0 Å². The summed E-state index contributed by atoms with van der Waals surface area (Å²) in [6, 6.07) is 7.16. The van der Waals surface area contributed by atoms with Crippen molar-refractivity contribution in [2.75, 3.05) is 26.2 Å². The van der Waals surface area contributed by atoms with Crippen LogP contribution in [0.4, 0.5) is 0 Å². The first-order chi connectivity index (χ1) is 13.0. The highest BCUT2D eigenvalue weighted by Gasteiger charge is 2.24. The molecule has 0 N–H and O–H groups in total. The van der Waals surface area contributed by atoms with Crippen LogP contribution in [-0.2, 0) is 7.05 Å². The standard InChI is InChI=1S/C20H22N4O3/c1-14-21-17-5-4-15(12-18(17)27-14)19(25)23-7-3-8-24(11-10-23)20(26)16-6-9-22(2)13-16/h4-6,9,12-13H,3,7-8,10-11H2,1-2H3. The number of oxazole rings is 1. The zero-order valence-corrected chi connectivity index (χ0v) is 15.5. The van der Waals surface area contributed by atoms with Gasteiger partial charge in [-0.15, -0.1) is 0 Å². The SMILES string of the molecule is Cc1nc2ccc(C(=O)N3CCCN(C(=O)c4ccn(C)c4)CC3)cc2o1. The van der Waals surface area contributed by atoms with E-state index in [1.807, 2.05) is 45.9 Å². The van der Waals surface area contributed by atoms with Crippen LogP contribution in [0.3, 0.4) is 0 Å². The highest BCUT2D eigenvalue weighted by Crippen LogP contribution is 2.19. The lowest BCUT2D eigenvalue weighted by molar-refractivity contribution is 0.0719. The van der Waals surface area contributed by atoms with Crippen LogP contribution in [0.15, 0.2) is 41.1 Å². The van der Waals surface area contributed by atoms with Gasteiger partial charge in [0, 0.05) is 58.1 Å². The molecule has 1 fully saturated rings. The van der Waals surface area contributed by atoms with Gasteiger partial charge in [0.2, 0.25) is 0 Å². The number of hydrogen-bond donors (Lipinski definition) is 0. The number of rotatable bonds is 2. The normalized spacial score (nSPS) is 15.2. The second-order valence-corrected chi connectivity index (χ2v) is 6.92. The van der Waals surface area contributed by atoms with Gasteiger partial charge >= 0.3 is 0 Å². The highest BCUT2D eigenvalue weighted by atomic mass is 16.3. The Morgan fingerprint density at radius 3 is 2.37 bits per heavy atom. The summed E-state index contributed by atoms with van der Waals surface area (Å²) in [5.74, 6) is 0.558. The second kappa shape index (κ2) is 6.90. The van der Waals surface area contributed by atoms with E-state index in [-0.39, 0.29) is 11.8 Å². The van der Waals surface area contributed by atoms with Gasteiger partial charge in [-0.3, -0.25) is 9.59 Å². The average molecular weight is 366 g/mol. The Morgan fingerprint density at radius 2 is 1.70 bits per heavy atom. The van der Waals surface area contributed by atoms with Crippen molar-refractivity contribution in [2.24, 2.45) is 7.05 Å². The minimum absolute atomic E-state index is 0.0171. The Balaban J connectivity index is 1.46. The molecule has 0 radical (unpaired) electrons. The molecule has 1 saturated heterocycles. The maximum atomic E-state index is 12.9. The number of carbonyl (C=O) groups is 2. The van der Waals surface area contributed by atoms with Gasteiger partial charge in [-0.05, 0) is 30.7 Å². The Bertz CT molecular complexity index is 1000. The number of hydrogen-bond acceptors (Lipinski definition) is 4. The van der Waals surface area contributed by atoms with E-state index in [1.165, 1.54) is 0 Å². The molecule has 1 aliphatic heterocycles. The summed E-state index contributed by atoms with van der Waals surface area (Å²) in [7, 11) is 1.90. The fourth-order valence-corrected chi connectivity index (χ4v) is 3.49. The number of benzene rings is 1. The third kappa shape index (κ3) is 3.45. The summed E-state index contributed by atoms with van der Waals surface area (Å²) in [6.45, 7) is 4.12. The smallest absolute Gasteiger partial charge is 0.255 e. The van der Waals surface area contributed by atoms with Crippen LogP contribution in [0.2, 0.25) is 0 Å². The third-order valence-corrected chi connectivity index (χ3v) is 4.89. The molecule has 2 amide bonds. The Hall–Kier alpha value is -3.09. The monoisotopic (exact) mass is 366 g/mol. The highest BCUT2D eigenvalue weighted by molar-refractivity contribution is 5.97. The van der Waals surface area contributed by atoms with Crippen LogP contribution in [-0.4, -0.2) is 57.3 Å². The number of aromatic nitrogens is 2. The van der Waals surface area contributed by atoms with E-state index in [1.54, 1.807) is 19.1 Å². The zero-order chi connectivity index (χ0) is 19.0. The van der Waals surface area contributed by atoms with Gasteiger partial charge in [-0.25, -0.2) is 4.98 Å². The molecule has 1 aliphatic rings. The Morgan fingerprint density at radius 1 is 1.00 bits per heavy atom. The molecule has 3 aromatic rings. The molecule has 2 aromatic heterocycles. The molecule has 0 saturated carbocycles. The summed E-state index contributed by atoms with van der Waals surface area (Å²) in [4.78, 5) is 33.5. The minimum Gasteiger partial charge on any atom is -0.441 e. The molecule has 27 heavy (non-hydrogen) atoms. The molecule has 140 valence electrons. The topological polar surface area (TPSA) is 71.6 Å². The number of carbonyl (C=O) groups excluding carboxylic acids is 2. The lowest BCUT2D eigenvalue weighted by Gasteiger charge is -2.22. The predicted molar refractivity (Wildman–Crippen MR) is 101 cm³/mol. The second-order valence-electron chi connectivity index (χ2n) is 6.92. The van der Waals surface area contributed by atoms with Crippen molar-refractivity contribution in [2.45, 2.75) is 13.3 Å². The van der Waals surface area contributed by atoms with Gasteiger partial charge < -0.3 is 18.8 Å². The van der Waals surface area contributed by atoms with E-state index in [0.29, 0.717) is 48.8 Å². The van der Waals surface area contributed by atoms with E-state index >= 15 is 0 Å². The van der Waals surface area contributed by atoms with Gasteiger partial charge in [-0.2, -0.15) is 0 Å². The summed E-state index contributed by atoms with van der Waals surface area (Å²) in [5, 5.41) is 0. The maximum Gasteiger partial charge on any atom is 0.255 e. The first kappa shape index (κ1) is 17.3. The van der Waals surface area contributed by atoms with Crippen molar-refractivity contribution < 1.29 is 14.0 Å². The number of fused-ring (bicyclic) bond motifs is 1. The fraction of sp³-hybridized carbons (Fsp3) is 0.350. The van der Waals surface area contributed by atoms with E-state index in [9.17, 15) is 9.59 Å². The number of nitrogens with zero attached hydrogens (tertiary/aromatic N) is 4. The van der Waals surface area contributed by atoms with Gasteiger partial charge in [0.15, 0.2) is 11.5 Å². The lowest BCUT2D eigenvalue weighted by atomic mass is 10.1. The molecule has 3 heterocycles. The van der Waals surface area contributed by atoms with Crippen LogP contribution in [0.1, 0.15) is 33.0 Å². The molecule has 4 rings (SSSR count). The molecular formula is C20H22N4O3. The van der Waals surface area contributed by atoms with E-state index in [0.717, 1.165) is 11.9 Å². The predicted octanol–water partition coefficient (Wildman–Crippen LogP) is 2.46. The average Bonchev–Trinajstić information content (AvgIpc) is 3.16. The molecular weight excluding hydrogens is 344 g/mol. The van der Waals surface area contributed by atoms with Gasteiger partial charge in [-0.1, -0.05) is 0 Å². The van der Waals surface area contributed by atoms with Crippen molar-refractivity contribution in [3.63, 3.8) is 0 Å². The molecule has 1 aromatic carbocycles. The molecule has 0 unspecified atom stereocenters. The van der Waals surface area contributed by atoms with Gasteiger partial charge in [0.1, 0.15) is 5.52 Å². The number of amides is 2. The largest absolute Gasteiger partial charge is 0.441 e. The number of aryl methyl sites for hydroxylation is 2. The summed E-state index contributed by atoms with van der Waals surface area (Å²) in [5.41, 5.74) is 2.64. The van der Waals surface area contributed by atoms with E-state index in [4.69, 9.17) is 4.42 Å². The maximum absolute atomic E-state index is 12.9. The zero-order valence-electron chi connectivity index (χ0n) is 15.5. The third-order valence-electron chi connectivity index (χ3n) is 4.89. The van der Waals surface area contributed by atoms with Crippen LogP contribution in [0.25, 0.3) is 11.1 Å². The van der Waals surface area contributed by atoms with Crippen LogP contribution < -0.4 is 0 Å². The quantitative estimate of drug-likeness (QED) is 0.698. The molecule has 7 nitrogen and oxygen atoms in total. The van der Waals surface area contributed by atoms with Gasteiger partial charge in [0.05, 0.1) is 5.56 Å². The van der Waals surface area contributed by atoms with E-state index in [2.05, 4.69) is 4.98 Å². The Labute approximate surface area is 157 Å². The minimum atomic E-state index is -0.0417. The van der Waals surface area contributed by atoms with Crippen LogP contribution in [0, 0.1) is 6.92 Å². The summed E-state index contributed by atoms with van der Waals surface area (Å²) in [6.07, 6.45) is 4.45. The molecule has 0 bridgehead atoms. The molecule has 0 aliphatic carbocycles. The lowest BCUT2D eigenvalue weighted by Crippen LogP contribution is -2.37. The van der Waals surface area contributed by atoms with Crippen molar-refractivity contribution in [3.05, 3.63) is 53.7 Å². The van der Waals surface area contributed by atoms with Crippen LogP contribution in [0.5, 0.6) is 0 Å². The van der Waals surface area contributed by atoms with Crippen molar-refractivity contribution in [1.82, 2.24) is 19.4 Å². The van der Waals surface area contributed by atoms with Crippen molar-refractivity contribution in [1.29, 1.82) is 0 Å². The molecule has 0 spiro atoms. The van der Waals surface area contributed by atoms with Crippen molar-refractivity contribution >= 4 is 22.9 Å². The summed E-state index contributed by atoms with van der Waals surface area (Å²) >= 11 is 0. The summed E-state index contributed by atoms with van der Waals surface area (Å²) < 4.78 is 7.40. The van der Waals surface area contributed by atoms with Gasteiger partial charge in [0.25, 0.3) is 11.8 Å². The first-order valence-electron chi connectivity index (χ1n) is 9.09. The van der Waals surface area contributed by atoms with Crippen LogP contribution >= 0.6 is 0 Å². The molecule has 0 atom stereocenters. The Kier molecular flexibility index (Phi) is 4.43. The molecule has 7 heteroatoms. The van der Waals surface area contributed by atoms with Crippen molar-refractivity contribution in [3.8, 4) is 0 Å².